The van der Waals surface area contributed by atoms with E-state index >= 15 is 0 Å². The lowest BCUT2D eigenvalue weighted by Gasteiger charge is -2.26. The van der Waals surface area contributed by atoms with Crippen LogP contribution in [0.1, 0.15) is 26.1 Å². The van der Waals surface area contributed by atoms with E-state index in [2.05, 4.69) is 23.0 Å². The van der Waals surface area contributed by atoms with Crippen LogP contribution >= 0.6 is 11.8 Å². The number of rotatable bonds is 5. The zero-order chi connectivity index (χ0) is 21.1. The van der Waals surface area contributed by atoms with E-state index in [1.54, 1.807) is 6.07 Å². The predicted molar refractivity (Wildman–Crippen MR) is 122 cm³/mol. The van der Waals surface area contributed by atoms with Crippen LogP contribution in [0.2, 0.25) is 0 Å². The summed E-state index contributed by atoms with van der Waals surface area (Å²) in [6.45, 7) is 6.31. The van der Waals surface area contributed by atoms with Crippen LogP contribution in [0.3, 0.4) is 0 Å². The second-order valence-electron chi connectivity index (χ2n) is 7.56. The van der Waals surface area contributed by atoms with Crippen molar-refractivity contribution >= 4 is 34.3 Å². The van der Waals surface area contributed by atoms with Crippen molar-refractivity contribution in [3.63, 3.8) is 0 Å². The molecule has 0 aliphatic carbocycles. The number of nitrogens with zero attached hydrogens (tertiary/aromatic N) is 3. The summed E-state index contributed by atoms with van der Waals surface area (Å²) in [5.41, 5.74) is 1.52. The molecule has 0 bridgehead atoms. The minimum atomic E-state index is -0.148. The highest BCUT2D eigenvalue weighted by Crippen LogP contribution is 2.37. The Kier molecular flexibility index (Phi) is 6.20. The summed E-state index contributed by atoms with van der Waals surface area (Å²) in [4.78, 5) is 38.1. The van der Waals surface area contributed by atoms with Crippen molar-refractivity contribution in [1.29, 1.82) is 0 Å². The van der Waals surface area contributed by atoms with Crippen LogP contribution < -0.4 is 10.5 Å². The van der Waals surface area contributed by atoms with Crippen molar-refractivity contribution in [1.82, 2.24) is 14.9 Å². The average Bonchev–Trinajstić information content (AvgIpc) is 2.91. The van der Waals surface area contributed by atoms with E-state index in [-0.39, 0.29) is 18.0 Å². The zero-order valence-corrected chi connectivity index (χ0v) is 18.1. The quantitative estimate of drug-likeness (QED) is 0.680. The molecule has 1 aromatic heterocycles. The molecule has 0 radical (unpaired) electrons. The third kappa shape index (κ3) is 4.42. The second kappa shape index (κ2) is 9.02. The smallest absolute Gasteiger partial charge is 0.258 e. The number of thioether (sulfide) groups is 1. The van der Waals surface area contributed by atoms with Gasteiger partial charge in [-0.05, 0) is 37.2 Å². The third-order valence-electron chi connectivity index (χ3n) is 5.39. The van der Waals surface area contributed by atoms with Crippen molar-refractivity contribution < 1.29 is 4.79 Å². The summed E-state index contributed by atoms with van der Waals surface area (Å²) in [7, 11) is 0. The van der Waals surface area contributed by atoms with Gasteiger partial charge in [-0.2, -0.15) is 0 Å². The largest absolute Gasteiger partial charge is 0.310 e. The number of hydrogen-bond acceptors (Lipinski definition) is 5. The number of carbonyl (C=O) groups excluding carboxylic acids is 1. The number of aromatic nitrogens is 2. The molecule has 1 amide bonds. The van der Waals surface area contributed by atoms with Crippen molar-refractivity contribution in [2.75, 3.05) is 24.5 Å². The van der Waals surface area contributed by atoms with Gasteiger partial charge in [0, 0.05) is 16.7 Å². The standard InChI is InChI=1S/C23H26N4O2S/c1-3-26(14-21-24-18-9-5-4-8-17(18)23(29)25-21)15-22(28)27-13-12-16(2)30-20-11-7-6-10-19(20)27/h4-11,16H,3,12-15H2,1-2H3,(H,24,25,29)/t16-/m1/s1. The van der Waals surface area contributed by atoms with E-state index in [0.29, 0.717) is 41.6 Å². The number of nitrogens with one attached hydrogen (secondary N) is 1. The Morgan fingerprint density at radius 2 is 2.00 bits per heavy atom. The molecule has 0 saturated heterocycles. The number of carbonyl (C=O) groups is 1. The summed E-state index contributed by atoms with van der Waals surface area (Å²) in [5.74, 6) is 0.649. The van der Waals surface area contributed by atoms with Crippen LogP contribution in [0.4, 0.5) is 5.69 Å². The van der Waals surface area contributed by atoms with Gasteiger partial charge in [-0.3, -0.25) is 14.5 Å². The molecule has 0 spiro atoms. The summed E-state index contributed by atoms with van der Waals surface area (Å²) >= 11 is 1.83. The van der Waals surface area contributed by atoms with E-state index in [1.807, 2.05) is 64.9 Å². The second-order valence-corrected chi connectivity index (χ2v) is 9.04. The average molecular weight is 423 g/mol. The summed E-state index contributed by atoms with van der Waals surface area (Å²) in [5, 5.41) is 1.05. The first kappa shape index (κ1) is 20.6. The molecule has 0 saturated carbocycles. The minimum Gasteiger partial charge on any atom is -0.310 e. The third-order valence-corrected chi connectivity index (χ3v) is 6.62. The van der Waals surface area contributed by atoms with E-state index < -0.39 is 0 Å². The molecule has 156 valence electrons. The monoisotopic (exact) mass is 422 g/mol. The molecule has 1 aliphatic heterocycles. The Morgan fingerprint density at radius 1 is 1.23 bits per heavy atom. The van der Waals surface area contributed by atoms with Gasteiger partial charge < -0.3 is 9.88 Å². The fourth-order valence-corrected chi connectivity index (χ4v) is 4.84. The Bertz CT molecular complexity index is 1110. The van der Waals surface area contributed by atoms with Gasteiger partial charge in [0.05, 0.1) is 29.7 Å². The molecule has 2 heterocycles. The SMILES string of the molecule is CCN(CC(=O)N1CC[C@@H](C)Sc2ccccc21)Cc1nc2ccccc2c(=O)[nH]1. The highest BCUT2D eigenvalue weighted by Gasteiger charge is 2.25. The summed E-state index contributed by atoms with van der Waals surface area (Å²) in [6.07, 6.45) is 0.955. The first-order valence-corrected chi connectivity index (χ1v) is 11.2. The van der Waals surface area contributed by atoms with Gasteiger partial charge in [0.1, 0.15) is 5.82 Å². The number of benzene rings is 2. The molecule has 7 heteroatoms. The molecule has 1 atom stereocenters. The molecule has 2 aromatic carbocycles. The Morgan fingerprint density at radius 3 is 2.83 bits per heavy atom. The van der Waals surface area contributed by atoms with Crippen molar-refractivity contribution in [2.45, 2.75) is 37.0 Å². The fraction of sp³-hybridized carbons (Fsp3) is 0.348. The number of likely N-dealkylation sites (N-methyl/N-ethyl adjacent to an activating group) is 1. The summed E-state index contributed by atoms with van der Waals surface area (Å²) < 4.78 is 0. The summed E-state index contributed by atoms with van der Waals surface area (Å²) in [6, 6.07) is 15.4. The van der Waals surface area contributed by atoms with Gasteiger partial charge in [-0.25, -0.2) is 4.98 Å². The van der Waals surface area contributed by atoms with Gasteiger partial charge in [0.2, 0.25) is 5.91 Å². The number of H-pyrrole nitrogens is 1. The van der Waals surface area contributed by atoms with E-state index in [4.69, 9.17) is 0 Å². The molecule has 1 aliphatic rings. The fourth-order valence-electron chi connectivity index (χ4n) is 3.72. The molecule has 0 fully saturated rings. The molecule has 1 N–H and O–H groups in total. The van der Waals surface area contributed by atoms with Crippen LogP contribution in [0, 0.1) is 0 Å². The van der Waals surface area contributed by atoms with Crippen molar-refractivity contribution in [3.05, 3.63) is 64.7 Å². The molecular formula is C23H26N4O2S. The molecule has 3 aromatic rings. The van der Waals surface area contributed by atoms with Crippen LogP contribution in [-0.4, -0.2) is 45.7 Å². The van der Waals surface area contributed by atoms with Crippen molar-refractivity contribution in [3.8, 4) is 0 Å². The Labute approximate surface area is 180 Å². The first-order valence-electron chi connectivity index (χ1n) is 10.3. The minimum absolute atomic E-state index is 0.0714. The van der Waals surface area contributed by atoms with Crippen LogP contribution in [0.5, 0.6) is 0 Å². The predicted octanol–water partition coefficient (Wildman–Crippen LogP) is 3.66. The zero-order valence-electron chi connectivity index (χ0n) is 17.3. The lowest BCUT2D eigenvalue weighted by Crippen LogP contribution is -2.41. The number of aromatic amines is 1. The molecular weight excluding hydrogens is 396 g/mol. The lowest BCUT2D eigenvalue weighted by molar-refractivity contribution is -0.119. The number of anilines is 1. The van der Waals surface area contributed by atoms with Gasteiger partial charge in [-0.1, -0.05) is 38.1 Å². The van der Waals surface area contributed by atoms with E-state index in [0.717, 1.165) is 17.0 Å². The van der Waals surface area contributed by atoms with E-state index in [9.17, 15) is 9.59 Å². The van der Waals surface area contributed by atoms with Crippen LogP contribution in [-0.2, 0) is 11.3 Å². The van der Waals surface area contributed by atoms with Crippen LogP contribution in [0.15, 0.2) is 58.2 Å². The molecule has 30 heavy (non-hydrogen) atoms. The normalized spacial score (nSPS) is 16.5. The van der Waals surface area contributed by atoms with Crippen LogP contribution in [0.25, 0.3) is 10.9 Å². The van der Waals surface area contributed by atoms with Gasteiger partial charge in [-0.15, -0.1) is 11.8 Å². The number of hydrogen-bond donors (Lipinski definition) is 1. The van der Waals surface area contributed by atoms with Gasteiger partial charge >= 0.3 is 0 Å². The lowest BCUT2D eigenvalue weighted by atomic mass is 10.2. The van der Waals surface area contributed by atoms with Gasteiger partial charge in [0.15, 0.2) is 0 Å². The van der Waals surface area contributed by atoms with E-state index in [1.165, 1.54) is 0 Å². The number of fused-ring (bicyclic) bond motifs is 2. The molecule has 6 nitrogen and oxygen atoms in total. The Balaban J connectivity index is 1.53. The Hall–Kier alpha value is -2.64. The molecule has 4 rings (SSSR count). The van der Waals surface area contributed by atoms with Gasteiger partial charge in [0.25, 0.3) is 5.56 Å². The maximum absolute atomic E-state index is 13.2. The maximum Gasteiger partial charge on any atom is 0.258 e. The molecule has 0 unspecified atom stereocenters. The maximum atomic E-state index is 13.2. The first-order chi connectivity index (χ1) is 14.5. The number of amides is 1. The van der Waals surface area contributed by atoms with Crippen molar-refractivity contribution in [2.24, 2.45) is 0 Å². The number of para-hydroxylation sites is 2. The highest BCUT2D eigenvalue weighted by molar-refractivity contribution is 8.00. The topological polar surface area (TPSA) is 69.3 Å². The highest BCUT2D eigenvalue weighted by atomic mass is 32.2.